The summed E-state index contributed by atoms with van der Waals surface area (Å²) >= 11 is 0. The lowest BCUT2D eigenvalue weighted by atomic mass is 10.1. The Hall–Kier alpha value is -3.16. The first-order valence-electron chi connectivity index (χ1n) is 7.12. The van der Waals surface area contributed by atoms with E-state index in [1.807, 2.05) is 6.07 Å². The summed E-state index contributed by atoms with van der Waals surface area (Å²) in [5.74, 6) is 0.697. The van der Waals surface area contributed by atoms with Crippen LogP contribution in [0.3, 0.4) is 0 Å². The molecule has 0 unspecified atom stereocenters. The maximum absolute atomic E-state index is 10.7. The van der Waals surface area contributed by atoms with E-state index < -0.39 is 6.09 Å². The highest BCUT2D eigenvalue weighted by Crippen LogP contribution is 2.15. The first-order valence-corrected chi connectivity index (χ1v) is 7.12. The fourth-order valence-electron chi connectivity index (χ4n) is 2.32. The molecule has 0 aliphatic rings. The molecular formula is C15H16N6O2. The molecule has 2 aromatic heterocycles. The van der Waals surface area contributed by atoms with Gasteiger partial charge in [-0.05, 0) is 18.9 Å². The quantitative estimate of drug-likeness (QED) is 0.667. The molecule has 0 saturated carbocycles. The molecule has 118 valence electrons. The van der Waals surface area contributed by atoms with Crippen LogP contribution in [0.15, 0.2) is 36.7 Å². The largest absolute Gasteiger partial charge is 0.465 e. The highest BCUT2D eigenvalue weighted by molar-refractivity contribution is 5.81. The van der Waals surface area contributed by atoms with Gasteiger partial charge in [-0.25, -0.2) is 9.78 Å². The lowest BCUT2D eigenvalue weighted by molar-refractivity contribution is 0.209. The Bertz CT molecular complexity index is 845. The fraction of sp³-hybridized carbons (Fsp3) is 0.200. The maximum atomic E-state index is 10.7. The van der Waals surface area contributed by atoms with Crippen LogP contribution in [-0.2, 0) is 6.42 Å². The third-order valence-corrected chi connectivity index (χ3v) is 3.33. The van der Waals surface area contributed by atoms with Crippen molar-refractivity contribution in [3.63, 3.8) is 0 Å². The normalized spacial score (nSPS) is 10.7. The molecule has 8 nitrogen and oxygen atoms in total. The molecule has 23 heavy (non-hydrogen) atoms. The van der Waals surface area contributed by atoms with Crippen LogP contribution in [0.5, 0.6) is 0 Å². The van der Waals surface area contributed by atoms with E-state index >= 15 is 0 Å². The number of aromatic nitrogens is 4. The number of benzene rings is 1. The molecule has 0 aliphatic heterocycles. The number of nitrogens with one attached hydrogen (secondary N) is 2. The van der Waals surface area contributed by atoms with Crippen LogP contribution in [0.25, 0.3) is 5.65 Å². The topological polar surface area (TPSA) is 104 Å². The van der Waals surface area contributed by atoms with Gasteiger partial charge >= 0.3 is 6.09 Å². The Balaban J connectivity index is 1.73. The van der Waals surface area contributed by atoms with Gasteiger partial charge in [-0.15, -0.1) is 10.2 Å². The lowest BCUT2D eigenvalue weighted by Gasteiger charge is -2.07. The van der Waals surface area contributed by atoms with E-state index in [0.29, 0.717) is 18.0 Å². The first kappa shape index (κ1) is 14.8. The SMILES string of the molecule is Cc1cccc(CCNc2nccn3c(NC(=O)O)nnc23)c1. The molecule has 3 rings (SSSR count). The van der Waals surface area contributed by atoms with Gasteiger partial charge in [0.2, 0.25) is 11.6 Å². The van der Waals surface area contributed by atoms with Gasteiger partial charge in [0.1, 0.15) is 0 Å². The zero-order chi connectivity index (χ0) is 16.2. The molecule has 1 aromatic carbocycles. The van der Waals surface area contributed by atoms with Gasteiger partial charge in [-0.2, -0.15) is 0 Å². The number of anilines is 2. The molecular weight excluding hydrogens is 296 g/mol. The summed E-state index contributed by atoms with van der Waals surface area (Å²) in [5.41, 5.74) is 2.93. The van der Waals surface area contributed by atoms with Crippen molar-refractivity contribution in [2.45, 2.75) is 13.3 Å². The van der Waals surface area contributed by atoms with Gasteiger partial charge in [-0.1, -0.05) is 29.8 Å². The van der Waals surface area contributed by atoms with Crippen LogP contribution in [-0.4, -0.2) is 37.3 Å². The monoisotopic (exact) mass is 312 g/mol. The van der Waals surface area contributed by atoms with Gasteiger partial charge in [-0.3, -0.25) is 9.72 Å². The number of amides is 1. The van der Waals surface area contributed by atoms with Crippen LogP contribution in [0.1, 0.15) is 11.1 Å². The smallest absolute Gasteiger partial charge is 0.411 e. The molecule has 0 aliphatic carbocycles. The molecule has 8 heteroatoms. The number of rotatable bonds is 5. The summed E-state index contributed by atoms with van der Waals surface area (Å²) in [5, 5.41) is 22.0. The summed E-state index contributed by atoms with van der Waals surface area (Å²) in [6.07, 6.45) is 2.83. The predicted molar refractivity (Wildman–Crippen MR) is 85.8 cm³/mol. The maximum Gasteiger partial charge on any atom is 0.411 e. The summed E-state index contributed by atoms with van der Waals surface area (Å²) in [6.45, 7) is 2.75. The number of carboxylic acid groups (broad SMARTS) is 1. The Labute approximate surface area is 132 Å². The standard InChI is InChI=1S/C15H16N6O2/c1-10-3-2-4-11(9-10)5-6-16-12-13-19-20-14(18-15(22)23)21(13)8-7-17-12/h2-4,7-9H,5-6H2,1H3,(H,16,17)(H,18,20)(H,22,23). The third kappa shape index (κ3) is 3.37. The summed E-state index contributed by atoms with van der Waals surface area (Å²) in [4.78, 5) is 15.0. The van der Waals surface area contributed by atoms with E-state index in [1.165, 1.54) is 15.5 Å². The van der Waals surface area contributed by atoms with Crippen molar-refractivity contribution in [1.82, 2.24) is 19.6 Å². The zero-order valence-corrected chi connectivity index (χ0v) is 12.5. The number of hydrogen-bond donors (Lipinski definition) is 3. The van der Waals surface area contributed by atoms with Crippen LogP contribution in [0.2, 0.25) is 0 Å². The van der Waals surface area contributed by atoms with Crippen molar-refractivity contribution in [3.8, 4) is 0 Å². The van der Waals surface area contributed by atoms with Crippen molar-refractivity contribution >= 4 is 23.5 Å². The summed E-state index contributed by atoms with van der Waals surface area (Å²) in [7, 11) is 0. The number of fused-ring (bicyclic) bond motifs is 1. The average Bonchev–Trinajstić information content (AvgIpc) is 2.91. The van der Waals surface area contributed by atoms with Crippen molar-refractivity contribution in [1.29, 1.82) is 0 Å². The number of carbonyl (C=O) groups is 1. The molecule has 0 radical (unpaired) electrons. The second-order valence-electron chi connectivity index (χ2n) is 5.09. The van der Waals surface area contributed by atoms with Gasteiger partial charge in [0.05, 0.1) is 0 Å². The van der Waals surface area contributed by atoms with E-state index in [9.17, 15) is 4.79 Å². The van der Waals surface area contributed by atoms with Gasteiger partial charge in [0, 0.05) is 18.9 Å². The van der Waals surface area contributed by atoms with Gasteiger partial charge < -0.3 is 10.4 Å². The van der Waals surface area contributed by atoms with Crippen LogP contribution >= 0.6 is 0 Å². The Morgan fingerprint density at radius 2 is 2.22 bits per heavy atom. The summed E-state index contributed by atoms with van der Waals surface area (Å²) in [6, 6.07) is 8.31. The van der Waals surface area contributed by atoms with Crippen molar-refractivity contribution in [2.75, 3.05) is 17.2 Å². The van der Waals surface area contributed by atoms with Crippen molar-refractivity contribution in [2.24, 2.45) is 0 Å². The second kappa shape index (κ2) is 6.30. The second-order valence-corrected chi connectivity index (χ2v) is 5.09. The van der Waals surface area contributed by atoms with Gasteiger partial charge in [0.25, 0.3) is 0 Å². The fourth-order valence-corrected chi connectivity index (χ4v) is 2.32. The Morgan fingerprint density at radius 3 is 3.00 bits per heavy atom. The molecule has 0 spiro atoms. The van der Waals surface area contributed by atoms with Crippen LogP contribution in [0, 0.1) is 6.92 Å². The molecule has 0 atom stereocenters. The molecule has 2 heterocycles. The van der Waals surface area contributed by atoms with E-state index in [4.69, 9.17) is 5.11 Å². The zero-order valence-electron chi connectivity index (χ0n) is 12.5. The third-order valence-electron chi connectivity index (χ3n) is 3.33. The van der Waals surface area contributed by atoms with E-state index in [0.717, 1.165) is 6.42 Å². The molecule has 3 N–H and O–H groups in total. The molecule has 0 bridgehead atoms. The van der Waals surface area contributed by atoms with E-state index in [-0.39, 0.29) is 5.95 Å². The van der Waals surface area contributed by atoms with Crippen molar-refractivity contribution < 1.29 is 9.90 Å². The minimum Gasteiger partial charge on any atom is -0.465 e. The molecule has 0 saturated heterocycles. The number of hydrogen-bond acceptors (Lipinski definition) is 5. The Kier molecular flexibility index (Phi) is 4.05. The molecule has 1 amide bonds. The number of nitrogens with zero attached hydrogens (tertiary/aromatic N) is 4. The van der Waals surface area contributed by atoms with Crippen LogP contribution < -0.4 is 10.6 Å². The van der Waals surface area contributed by atoms with Crippen LogP contribution in [0.4, 0.5) is 16.6 Å². The lowest BCUT2D eigenvalue weighted by Crippen LogP contribution is -2.11. The first-order chi connectivity index (χ1) is 11.1. The molecule has 0 fully saturated rings. The highest BCUT2D eigenvalue weighted by Gasteiger charge is 2.11. The van der Waals surface area contributed by atoms with Gasteiger partial charge in [0.15, 0.2) is 5.82 Å². The van der Waals surface area contributed by atoms with Crippen molar-refractivity contribution in [3.05, 3.63) is 47.8 Å². The summed E-state index contributed by atoms with van der Waals surface area (Å²) < 4.78 is 1.54. The minimum atomic E-state index is -1.19. The number of aryl methyl sites for hydroxylation is 1. The Morgan fingerprint density at radius 1 is 1.35 bits per heavy atom. The average molecular weight is 312 g/mol. The highest BCUT2D eigenvalue weighted by atomic mass is 16.4. The predicted octanol–water partition coefficient (Wildman–Crippen LogP) is 2.18. The molecule has 3 aromatic rings. The van der Waals surface area contributed by atoms with E-state index in [1.54, 1.807) is 12.4 Å². The van der Waals surface area contributed by atoms with E-state index in [2.05, 4.69) is 50.9 Å². The minimum absolute atomic E-state index is 0.136.